The second-order valence-electron chi connectivity index (χ2n) is 5.36. The van der Waals surface area contributed by atoms with Gasteiger partial charge in [0.05, 0.1) is 5.56 Å². The summed E-state index contributed by atoms with van der Waals surface area (Å²) in [6.45, 7) is 8.29. The van der Waals surface area contributed by atoms with Gasteiger partial charge in [-0.2, -0.15) is 0 Å². The summed E-state index contributed by atoms with van der Waals surface area (Å²) < 4.78 is 6.82. The molecule has 0 aliphatic rings. The zero-order valence-corrected chi connectivity index (χ0v) is 14.4. The lowest BCUT2D eigenvalue weighted by atomic mass is 10.0. The van der Waals surface area contributed by atoms with E-state index in [4.69, 9.17) is 4.74 Å². The van der Waals surface area contributed by atoms with Crippen LogP contribution in [0.1, 0.15) is 39.5 Å². The first-order valence-corrected chi connectivity index (χ1v) is 7.68. The number of rotatable bonds is 4. The van der Waals surface area contributed by atoms with Gasteiger partial charge in [0.25, 0.3) is 0 Å². The average molecular weight is 347 g/mol. The highest BCUT2D eigenvalue weighted by Gasteiger charge is 2.11. The van der Waals surface area contributed by atoms with Crippen molar-refractivity contribution >= 4 is 21.7 Å². The molecule has 0 spiro atoms. The van der Waals surface area contributed by atoms with Crippen molar-refractivity contribution in [3.8, 4) is 5.75 Å². The van der Waals surface area contributed by atoms with Crippen LogP contribution in [0, 0.1) is 20.8 Å². The Kier molecular flexibility index (Phi) is 4.84. The molecule has 0 unspecified atom stereocenters. The summed E-state index contributed by atoms with van der Waals surface area (Å²) in [6, 6.07) is 9.79. The highest BCUT2D eigenvalue weighted by Crippen LogP contribution is 2.26. The van der Waals surface area contributed by atoms with Crippen LogP contribution in [0.25, 0.3) is 0 Å². The van der Waals surface area contributed by atoms with Crippen LogP contribution in [0.5, 0.6) is 5.75 Å². The lowest BCUT2D eigenvalue weighted by molar-refractivity contribution is 0.101. The minimum Gasteiger partial charge on any atom is -0.488 e. The van der Waals surface area contributed by atoms with Gasteiger partial charge in [-0.25, -0.2) is 0 Å². The summed E-state index contributed by atoms with van der Waals surface area (Å²) in [7, 11) is 0. The Hall–Kier alpha value is -1.61. The minimum atomic E-state index is 0.00912. The molecular weight excluding hydrogens is 328 g/mol. The molecule has 0 aliphatic carbocycles. The number of halogens is 1. The third kappa shape index (κ3) is 3.73. The Balaban J connectivity index is 2.28. The standard InChI is InChI=1S/C18H19BrO2/c1-11-7-12(2)17(13(3)8-11)10-21-18-9-15(19)5-6-16(18)14(4)20/h5-9H,10H2,1-4H3. The van der Waals surface area contributed by atoms with E-state index in [1.54, 1.807) is 13.0 Å². The van der Waals surface area contributed by atoms with Crippen LogP contribution < -0.4 is 4.74 Å². The van der Waals surface area contributed by atoms with Crippen LogP contribution >= 0.6 is 15.9 Å². The molecule has 0 aliphatic heterocycles. The van der Waals surface area contributed by atoms with E-state index in [1.165, 1.54) is 22.3 Å². The fourth-order valence-electron chi connectivity index (χ4n) is 2.49. The van der Waals surface area contributed by atoms with Gasteiger partial charge in [0, 0.05) is 4.47 Å². The highest BCUT2D eigenvalue weighted by molar-refractivity contribution is 9.10. The maximum absolute atomic E-state index is 11.7. The van der Waals surface area contributed by atoms with Crippen molar-refractivity contribution in [2.24, 2.45) is 0 Å². The molecule has 2 rings (SSSR count). The molecule has 0 heterocycles. The first kappa shape index (κ1) is 15.8. The van der Waals surface area contributed by atoms with Crippen LogP contribution in [-0.4, -0.2) is 5.78 Å². The molecule has 0 atom stereocenters. The summed E-state index contributed by atoms with van der Waals surface area (Å²) in [5.41, 5.74) is 5.47. The lowest BCUT2D eigenvalue weighted by Crippen LogP contribution is -2.04. The second kappa shape index (κ2) is 6.44. The van der Waals surface area contributed by atoms with E-state index in [1.807, 2.05) is 12.1 Å². The van der Waals surface area contributed by atoms with E-state index in [0.29, 0.717) is 17.9 Å². The zero-order chi connectivity index (χ0) is 15.6. The molecule has 2 aromatic carbocycles. The van der Waals surface area contributed by atoms with Crippen LogP contribution in [0.4, 0.5) is 0 Å². The third-order valence-electron chi connectivity index (χ3n) is 3.54. The van der Waals surface area contributed by atoms with E-state index < -0.39 is 0 Å². The van der Waals surface area contributed by atoms with Gasteiger partial charge in [0.1, 0.15) is 12.4 Å². The van der Waals surface area contributed by atoms with Crippen molar-refractivity contribution < 1.29 is 9.53 Å². The predicted octanol–water partition coefficient (Wildman–Crippen LogP) is 5.16. The van der Waals surface area contributed by atoms with Crippen LogP contribution in [0.15, 0.2) is 34.8 Å². The Morgan fingerprint density at radius 3 is 2.29 bits per heavy atom. The topological polar surface area (TPSA) is 26.3 Å². The van der Waals surface area contributed by atoms with Gasteiger partial charge in [-0.05, 0) is 62.6 Å². The fourth-order valence-corrected chi connectivity index (χ4v) is 2.83. The Labute approximate surface area is 134 Å². The maximum atomic E-state index is 11.7. The number of benzene rings is 2. The van der Waals surface area contributed by atoms with Crippen LogP contribution in [0.2, 0.25) is 0 Å². The predicted molar refractivity (Wildman–Crippen MR) is 89.1 cm³/mol. The largest absolute Gasteiger partial charge is 0.488 e. The van der Waals surface area contributed by atoms with E-state index >= 15 is 0 Å². The number of hydrogen-bond donors (Lipinski definition) is 0. The maximum Gasteiger partial charge on any atom is 0.163 e. The Bertz CT molecular complexity index is 667. The summed E-state index contributed by atoms with van der Waals surface area (Å²) in [6.07, 6.45) is 0. The van der Waals surface area contributed by atoms with Gasteiger partial charge in [-0.3, -0.25) is 4.79 Å². The van der Waals surface area contributed by atoms with E-state index in [9.17, 15) is 4.79 Å². The smallest absolute Gasteiger partial charge is 0.163 e. The first-order chi connectivity index (χ1) is 9.88. The van der Waals surface area contributed by atoms with Gasteiger partial charge < -0.3 is 4.74 Å². The van der Waals surface area contributed by atoms with Gasteiger partial charge in [0.15, 0.2) is 5.78 Å². The van der Waals surface area contributed by atoms with Gasteiger partial charge in [0.2, 0.25) is 0 Å². The van der Waals surface area contributed by atoms with Crippen molar-refractivity contribution in [1.82, 2.24) is 0 Å². The molecule has 21 heavy (non-hydrogen) atoms. The molecule has 0 fully saturated rings. The number of hydrogen-bond acceptors (Lipinski definition) is 2. The highest BCUT2D eigenvalue weighted by atomic mass is 79.9. The van der Waals surface area contributed by atoms with E-state index in [0.717, 1.165) is 4.47 Å². The summed E-state index contributed by atoms with van der Waals surface area (Å²) in [5, 5.41) is 0. The number of Topliss-reactive ketones (excluding diaryl/α,β-unsaturated/α-hetero) is 1. The zero-order valence-electron chi connectivity index (χ0n) is 12.8. The third-order valence-corrected chi connectivity index (χ3v) is 4.03. The van der Waals surface area contributed by atoms with Crippen molar-refractivity contribution in [2.75, 3.05) is 0 Å². The second-order valence-corrected chi connectivity index (χ2v) is 6.28. The summed E-state index contributed by atoms with van der Waals surface area (Å²) in [4.78, 5) is 11.7. The van der Waals surface area contributed by atoms with Crippen LogP contribution in [0.3, 0.4) is 0 Å². The first-order valence-electron chi connectivity index (χ1n) is 6.88. The summed E-state index contributed by atoms with van der Waals surface area (Å²) in [5.74, 6) is 0.631. The molecular formula is C18H19BrO2. The molecule has 2 nitrogen and oxygen atoms in total. The molecule has 0 saturated carbocycles. The number of ether oxygens (including phenoxy) is 1. The van der Waals surface area contributed by atoms with E-state index in [-0.39, 0.29) is 5.78 Å². The molecule has 3 heteroatoms. The number of aryl methyl sites for hydroxylation is 3. The molecule has 0 aromatic heterocycles. The molecule has 0 radical (unpaired) electrons. The molecule has 2 aromatic rings. The monoisotopic (exact) mass is 346 g/mol. The number of carbonyl (C=O) groups is 1. The number of ketones is 1. The van der Waals surface area contributed by atoms with Crippen molar-refractivity contribution in [3.05, 3.63) is 62.6 Å². The fraction of sp³-hybridized carbons (Fsp3) is 0.278. The summed E-state index contributed by atoms with van der Waals surface area (Å²) >= 11 is 3.42. The van der Waals surface area contributed by atoms with Crippen molar-refractivity contribution in [3.63, 3.8) is 0 Å². The number of carbonyl (C=O) groups excluding carboxylic acids is 1. The van der Waals surface area contributed by atoms with E-state index in [2.05, 4.69) is 48.8 Å². The van der Waals surface area contributed by atoms with Crippen molar-refractivity contribution in [1.29, 1.82) is 0 Å². The quantitative estimate of drug-likeness (QED) is 0.715. The average Bonchev–Trinajstić information content (AvgIpc) is 2.37. The molecule has 0 bridgehead atoms. The normalized spacial score (nSPS) is 10.5. The van der Waals surface area contributed by atoms with Crippen LogP contribution in [-0.2, 0) is 6.61 Å². The van der Waals surface area contributed by atoms with Gasteiger partial charge >= 0.3 is 0 Å². The van der Waals surface area contributed by atoms with Gasteiger partial charge in [-0.1, -0.05) is 33.6 Å². The van der Waals surface area contributed by atoms with Gasteiger partial charge in [-0.15, -0.1) is 0 Å². The molecule has 0 N–H and O–H groups in total. The Morgan fingerprint density at radius 2 is 1.71 bits per heavy atom. The Morgan fingerprint density at radius 1 is 1.10 bits per heavy atom. The lowest BCUT2D eigenvalue weighted by Gasteiger charge is -2.14. The SMILES string of the molecule is CC(=O)c1ccc(Br)cc1OCc1c(C)cc(C)cc1C. The molecule has 0 saturated heterocycles. The molecule has 0 amide bonds. The van der Waals surface area contributed by atoms with Crippen molar-refractivity contribution in [2.45, 2.75) is 34.3 Å². The molecule has 110 valence electrons. The minimum absolute atomic E-state index is 0.00912.